The van der Waals surface area contributed by atoms with Gasteiger partial charge >= 0.3 is 6.03 Å². The summed E-state index contributed by atoms with van der Waals surface area (Å²) in [7, 11) is 0. The minimum Gasteiger partial charge on any atom is -0.378 e. The topological polar surface area (TPSA) is 117 Å². The van der Waals surface area contributed by atoms with E-state index in [4.69, 9.17) is 14.7 Å². The number of morpholine rings is 1. The number of hydrogen-bond donors (Lipinski definition) is 3. The summed E-state index contributed by atoms with van der Waals surface area (Å²) in [4.78, 5) is 23.9. The number of nitrogens with zero attached hydrogens (tertiary/aromatic N) is 3. The molecule has 2 heterocycles. The van der Waals surface area contributed by atoms with Crippen LogP contribution in [-0.4, -0.2) is 62.9 Å². The van der Waals surface area contributed by atoms with Gasteiger partial charge in [-0.1, -0.05) is 0 Å². The number of urea groups is 1. The Morgan fingerprint density at radius 1 is 1.18 bits per heavy atom. The second kappa shape index (κ2) is 9.36. The molecule has 1 atom stereocenters. The lowest BCUT2D eigenvalue weighted by molar-refractivity contribution is 0.122. The van der Waals surface area contributed by atoms with Crippen molar-refractivity contribution >= 4 is 28.6 Å². The summed E-state index contributed by atoms with van der Waals surface area (Å²) >= 11 is -1.89. The van der Waals surface area contributed by atoms with Crippen LogP contribution in [0.2, 0.25) is 0 Å². The molecule has 10 heteroatoms. The summed E-state index contributed by atoms with van der Waals surface area (Å²) in [5, 5.41) is 5.84. The number of benzene rings is 1. The van der Waals surface area contributed by atoms with Crippen molar-refractivity contribution in [1.29, 1.82) is 0 Å². The Hall–Kier alpha value is -2.56. The lowest BCUT2D eigenvalue weighted by Gasteiger charge is -2.29. The molecule has 33 heavy (non-hydrogen) atoms. The van der Waals surface area contributed by atoms with Crippen LogP contribution in [0.15, 0.2) is 30.3 Å². The van der Waals surface area contributed by atoms with Gasteiger partial charge in [0.1, 0.15) is 5.82 Å². The summed E-state index contributed by atoms with van der Waals surface area (Å²) in [6.45, 7) is 2.77. The molecule has 1 saturated heterocycles. The maximum absolute atomic E-state index is 12.1. The normalized spacial score (nSPS) is 20.6. The molecule has 3 N–H and O–H groups in total. The zero-order chi connectivity index (χ0) is 22.8. The Balaban J connectivity index is 1.39. The van der Waals surface area contributed by atoms with Gasteiger partial charge in [0.05, 0.1) is 24.7 Å². The van der Waals surface area contributed by atoms with Gasteiger partial charge in [0, 0.05) is 41.9 Å². The fourth-order valence-corrected chi connectivity index (χ4v) is 5.17. The second-order valence-electron chi connectivity index (χ2n) is 9.08. The molecular formula is C23H29N5O4S. The highest BCUT2D eigenvalue weighted by Gasteiger charge is 2.47. The molecule has 1 unspecified atom stereocenters. The predicted octanol–water partition coefficient (Wildman–Crippen LogP) is 2.91. The van der Waals surface area contributed by atoms with Gasteiger partial charge in [-0.3, -0.25) is 0 Å². The van der Waals surface area contributed by atoms with Gasteiger partial charge in [0.2, 0.25) is 0 Å². The van der Waals surface area contributed by atoms with Crippen LogP contribution in [0.4, 0.5) is 16.3 Å². The molecule has 1 aliphatic heterocycles. The number of anilines is 2. The van der Waals surface area contributed by atoms with E-state index in [0.29, 0.717) is 24.7 Å². The largest absolute Gasteiger partial charge is 0.378 e. The Labute approximate surface area is 195 Å². The second-order valence-corrected chi connectivity index (χ2v) is 10.0. The lowest BCUT2D eigenvalue weighted by atomic mass is 9.93. The fourth-order valence-electron chi connectivity index (χ4n) is 4.26. The Bertz CT molecular complexity index is 1030. The maximum Gasteiger partial charge on any atom is 0.319 e. The van der Waals surface area contributed by atoms with E-state index >= 15 is 0 Å². The van der Waals surface area contributed by atoms with Crippen molar-refractivity contribution in [3.63, 3.8) is 0 Å². The zero-order valence-electron chi connectivity index (χ0n) is 18.5. The summed E-state index contributed by atoms with van der Waals surface area (Å²) in [6, 6.07) is 9.53. The molecule has 5 rings (SSSR count). The predicted molar refractivity (Wildman–Crippen MR) is 127 cm³/mol. The lowest BCUT2D eigenvalue weighted by Crippen LogP contribution is -2.41. The molecule has 1 aromatic carbocycles. The van der Waals surface area contributed by atoms with E-state index in [1.54, 1.807) is 0 Å². The molecule has 3 aliphatic rings. The molecule has 1 aromatic heterocycles. The molecule has 2 aliphatic carbocycles. The number of amides is 2. The van der Waals surface area contributed by atoms with Crippen molar-refractivity contribution in [2.24, 2.45) is 0 Å². The number of carbonyl (C=O) groups is 1. The third-order valence-electron chi connectivity index (χ3n) is 6.69. The van der Waals surface area contributed by atoms with Crippen LogP contribution in [-0.2, 0) is 21.2 Å². The molecule has 2 saturated carbocycles. The van der Waals surface area contributed by atoms with Crippen LogP contribution in [0.3, 0.4) is 0 Å². The SMILES string of the molecule is O=C(Nc1ccc(-c2nc(N3CCOCC3)cc(C3(CS(=O)O)CC3)n2)cc1)NC1CCC1. The van der Waals surface area contributed by atoms with Crippen molar-refractivity contribution in [3.05, 3.63) is 36.0 Å². The fraction of sp³-hybridized carbons (Fsp3) is 0.522. The smallest absolute Gasteiger partial charge is 0.319 e. The highest BCUT2D eigenvalue weighted by atomic mass is 32.2. The van der Waals surface area contributed by atoms with Crippen LogP contribution >= 0.6 is 0 Å². The summed E-state index contributed by atoms with van der Waals surface area (Å²) < 4.78 is 26.6. The first-order valence-corrected chi connectivity index (χ1v) is 12.8. The van der Waals surface area contributed by atoms with Crippen molar-refractivity contribution in [3.8, 4) is 11.4 Å². The number of aromatic nitrogens is 2. The van der Waals surface area contributed by atoms with Crippen LogP contribution in [0.5, 0.6) is 0 Å². The van der Waals surface area contributed by atoms with E-state index < -0.39 is 11.1 Å². The molecule has 0 radical (unpaired) electrons. The minimum absolute atomic E-state index is 0.185. The Morgan fingerprint density at radius 2 is 1.91 bits per heavy atom. The van der Waals surface area contributed by atoms with Gasteiger partial charge in [0.25, 0.3) is 0 Å². The zero-order valence-corrected chi connectivity index (χ0v) is 19.3. The van der Waals surface area contributed by atoms with E-state index in [-0.39, 0.29) is 23.2 Å². The van der Waals surface area contributed by atoms with E-state index in [0.717, 1.165) is 55.8 Å². The van der Waals surface area contributed by atoms with Gasteiger partial charge in [-0.25, -0.2) is 19.0 Å². The third kappa shape index (κ3) is 5.18. The number of ether oxygens (including phenoxy) is 1. The molecule has 2 aromatic rings. The van der Waals surface area contributed by atoms with Crippen LogP contribution < -0.4 is 15.5 Å². The van der Waals surface area contributed by atoms with Gasteiger partial charge in [-0.2, -0.15) is 0 Å². The molecular weight excluding hydrogens is 442 g/mol. The summed E-state index contributed by atoms with van der Waals surface area (Å²) in [5.41, 5.74) is 1.99. The molecule has 176 valence electrons. The highest BCUT2D eigenvalue weighted by Crippen LogP contribution is 2.48. The average molecular weight is 472 g/mol. The Morgan fingerprint density at radius 3 is 2.52 bits per heavy atom. The average Bonchev–Trinajstić information content (AvgIpc) is 3.57. The molecule has 0 bridgehead atoms. The first-order valence-electron chi connectivity index (χ1n) is 11.5. The van der Waals surface area contributed by atoms with E-state index in [1.807, 2.05) is 30.3 Å². The highest BCUT2D eigenvalue weighted by molar-refractivity contribution is 7.79. The van der Waals surface area contributed by atoms with E-state index in [2.05, 4.69) is 15.5 Å². The van der Waals surface area contributed by atoms with Gasteiger partial charge < -0.3 is 24.8 Å². The first-order chi connectivity index (χ1) is 16.0. The van der Waals surface area contributed by atoms with Crippen molar-refractivity contribution in [2.45, 2.75) is 43.6 Å². The van der Waals surface area contributed by atoms with Crippen molar-refractivity contribution in [2.75, 3.05) is 42.3 Å². The minimum atomic E-state index is -1.89. The van der Waals surface area contributed by atoms with Gasteiger partial charge in [-0.05, 0) is 56.4 Å². The Kier molecular flexibility index (Phi) is 6.31. The van der Waals surface area contributed by atoms with E-state index in [1.165, 1.54) is 6.42 Å². The van der Waals surface area contributed by atoms with Crippen LogP contribution in [0.1, 0.15) is 37.8 Å². The van der Waals surface area contributed by atoms with Gasteiger partial charge in [-0.15, -0.1) is 0 Å². The first kappa shape index (κ1) is 22.2. The third-order valence-corrected chi connectivity index (χ3v) is 7.49. The van der Waals surface area contributed by atoms with Gasteiger partial charge in [0.15, 0.2) is 16.9 Å². The molecule has 9 nitrogen and oxygen atoms in total. The molecule has 2 amide bonds. The molecule has 3 fully saturated rings. The monoisotopic (exact) mass is 471 g/mol. The number of rotatable bonds is 7. The summed E-state index contributed by atoms with van der Waals surface area (Å²) in [6.07, 6.45) is 4.93. The number of hydrogen-bond acceptors (Lipinski definition) is 6. The summed E-state index contributed by atoms with van der Waals surface area (Å²) in [5.74, 6) is 1.58. The standard InChI is InChI=1S/C23H29N5O4S/c29-22(24-17-2-1-3-17)25-18-6-4-16(5-7-18)21-26-19(23(8-9-23)15-33(30)31)14-20(27-21)28-10-12-32-13-11-28/h4-7,14,17H,1-3,8-13,15H2,(H,30,31)(H2,24,25,29). The van der Waals surface area contributed by atoms with Crippen LogP contribution in [0.25, 0.3) is 11.4 Å². The quantitative estimate of drug-likeness (QED) is 0.532. The number of nitrogens with one attached hydrogen (secondary N) is 2. The van der Waals surface area contributed by atoms with E-state index in [9.17, 15) is 13.6 Å². The van der Waals surface area contributed by atoms with Crippen molar-refractivity contribution < 1.29 is 18.3 Å². The molecule has 0 spiro atoms. The van der Waals surface area contributed by atoms with Crippen molar-refractivity contribution in [1.82, 2.24) is 15.3 Å². The van der Waals surface area contributed by atoms with Crippen LogP contribution in [0, 0.1) is 0 Å². The maximum atomic E-state index is 12.1. The number of carbonyl (C=O) groups excluding carboxylic acids is 1.